The van der Waals surface area contributed by atoms with E-state index >= 15 is 0 Å². The number of benzene rings is 9. The third-order valence-electron chi connectivity index (χ3n) is 11.6. The molecule has 2 heterocycles. The van der Waals surface area contributed by atoms with E-state index in [1.165, 1.54) is 83.6 Å². The first-order chi connectivity index (χ1) is 28.3. The minimum absolute atomic E-state index is 0.0560. The van der Waals surface area contributed by atoms with Gasteiger partial charge in [0.2, 0.25) is 0 Å². The largest absolute Gasteiger partial charge is 0.311 e. The Morgan fingerprint density at radius 3 is 1.16 bits per heavy atom. The van der Waals surface area contributed by atoms with Crippen molar-refractivity contribution in [2.45, 2.75) is 0 Å². The van der Waals surface area contributed by atoms with Gasteiger partial charge in [-0.05, 0) is 80.6 Å². The van der Waals surface area contributed by atoms with Gasteiger partial charge in [-0.1, -0.05) is 188 Å². The van der Waals surface area contributed by atoms with Crippen LogP contribution in [0.2, 0.25) is 0 Å². The van der Waals surface area contributed by atoms with Gasteiger partial charge in [-0.3, -0.25) is 0 Å². The highest BCUT2D eigenvalue weighted by molar-refractivity contribution is 7.00. The molecule has 0 bridgehead atoms. The Morgan fingerprint density at radius 1 is 0.281 bits per heavy atom. The van der Waals surface area contributed by atoms with Gasteiger partial charge in [0.15, 0.2) is 0 Å². The topological polar surface area (TPSA) is 6.48 Å². The van der Waals surface area contributed by atoms with E-state index in [2.05, 4.69) is 234 Å². The predicted octanol–water partition coefficient (Wildman–Crippen LogP) is 12.4. The summed E-state index contributed by atoms with van der Waals surface area (Å²) in [6.07, 6.45) is 0. The van der Waals surface area contributed by atoms with Crippen molar-refractivity contribution < 1.29 is 0 Å². The monoisotopic (exact) mass is 724 g/mol. The number of para-hydroxylation sites is 3. The van der Waals surface area contributed by atoms with Crippen LogP contribution in [-0.4, -0.2) is 6.71 Å². The SMILES string of the molecule is c1ccc(-c2ccc3c(c2)B2c4ccccc4N(c4ccccc4)c4c2c(c(-c2ccccc2)c(-c2ccccc2)c4-c2ccccc2)N3c2ccccc2)cc1. The summed E-state index contributed by atoms with van der Waals surface area (Å²) in [4.78, 5) is 5.10. The molecule has 0 spiro atoms. The van der Waals surface area contributed by atoms with Crippen LogP contribution in [0, 0.1) is 0 Å². The summed E-state index contributed by atoms with van der Waals surface area (Å²) in [6, 6.07) is 82.1. The lowest BCUT2D eigenvalue weighted by Gasteiger charge is -2.47. The number of hydrogen-bond acceptors (Lipinski definition) is 2. The van der Waals surface area contributed by atoms with Crippen molar-refractivity contribution >= 4 is 57.2 Å². The van der Waals surface area contributed by atoms with Gasteiger partial charge in [-0.2, -0.15) is 0 Å². The highest BCUT2D eigenvalue weighted by Gasteiger charge is 2.47. The summed E-state index contributed by atoms with van der Waals surface area (Å²) in [5.74, 6) is 0. The van der Waals surface area contributed by atoms with Gasteiger partial charge in [0.25, 0.3) is 6.71 Å². The minimum atomic E-state index is -0.0560. The molecule has 2 aliphatic rings. The van der Waals surface area contributed by atoms with Crippen molar-refractivity contribution in [3.05, 3.63) is 224 Å². The normalized spacial score (nSPS) is 12.5. The molecule has 0 atom stereocenters. The first-order valence-electron chi connectivity index (χ1n) is 19.7. The number of hydrogen-bond donors (Lipinski definition) is 0. The van der Waals surface area contributed by atoms with E-state index in [1.807, 2.05) is 0 Å². The molecular weight excluding hydrogens is 687 g/mol. The molecule has 0 N–H and O–H groups in total. The standard InChI is InChI=1S/C54H37BN2/c1-7-21-38(22-8-1)42-35-36-48-46(37-42)55-45-33-19-20-34-47(45)56(43-29-15-5-16-30-43)53-50(40-25-11-3-12-26-40)49(39-23-9-2-10-24-39)51(41-27-13-4-14-28-41)54(52(53)55)57(48)44-31-17-6-18-32-44/h1-37H. The molecule has 0 unspecified atom stereocenters. The second kappa shape index (κ2) is 13.7. The highest BCUT2D eigenvalue weighted by Crippen LogP contribution is 2.56. The molecule has 0 fully saturated rings. The summed E-state index contributed by atoms with van der Waals surface area (Å²) in [5, 5.41) is 0. The van der Waals surface area contributed by atoms with Crippen LogP contribution in [0.1, 0.15) is 0 Å². The summed E-state index contributed by atoms with van der Waals surface area (Å²) in [7, 11) is 0. The second-order valence-corrected chi connectivity index (χ2v) is 14.8. The maximum atomic E-state index is 2.56. The van der Waals surface area contributed by atoms with Crippen LogP contribution in [0.4, 0.5) is 34.1 Å². The Morgan fingerprint density at radius 2 is 0.667 bits per heavy atom. The lowest BCUT2D eigenvalue weighted by atomic mass is 9.33. The zero-order valence-corrected chi connectivity index (χ0v) is 31.3. The highest BCUT2D eigenvalue weighted by atomic mass is 15.2. The molecule has 9 aromatic rings. The van der Waals surface area contributed by atoms with Gasteiger partial charge in [0, 0.05) is 39.4 Å². The molecule has 0 saturated heterocycles. The molecule has 0 saturated carbocycles. The number of fused-ring (bicyclic) bond motifs is 4. The van der Waals surface area contributed by atoms with Crippen molar-refractivity contribution in [1.29, 1.82) is 0 Å². The lowest BCUT2D eigenvalue weighted by Crippen LogP contribution is -2.61. The van der Waals surface area contributed by atoms with E-state index in [0.717, 1.165) is 11.4 Å². The van der Waals surface area contributed by atoms with Crippen LogP contribution >= 0.6 is 0 Å². The van der Waals surface area contributed by atoms with Gasteiger partial charge >= 0.3 is 0 Å². The van der Waals surface area contributed by atoms with Crippen LogP contribution in [0.25, 0.3) is 44.5 Å². The Labute approximate surface area is 334 Å². The van der Waals surface area contributed by atoms with Crippen molar-refractivity contribution in [1.82, 2.24) is 0 Å². The van der Waals surface area contributed by atoms with E-state index in [9.17, 15) is 0 Å². The average Bonchev–Trinajstić information content (AvgIpc) is 3.30. The Bertz CT molecular complexity index is 2820. The zero-order valence-electron chi connectivity index (χ0n) is 31.3. The maximum Gasteiger partial charge on any atom is 0.252 e. The molecule has 57 heavy (non-hydrogen) atoms. The summed E-state index contributed by atoms with van der Waals surface area (Å²) >= 11 is 0. The number of rotatable bonds is 6. The molecule has 0 aliphatic carbocycles. The quantitative estimate of drug-likeness (QED) is 0.158. The fraction of sp³-hybridized carbons (Fsp3) is 0. The first kappa shape index (κ1) is 33.0. The molecule has 2 nitrogen and oxygen atoms in total. The van der Waals surface area contributed by atoms with Crippen molar-refractivity contribution in [3.8, 4) is 44.5 Å². The minimum Gasteiger partial charge on any atom is -0.311 e. The predicted molar refractivity (Wildman–Crippen MR) is 242 cm³/mol. The average molecular weight is 725 g/mol. The van der Waals surface area contributed by atoms with Gasteiger partial charge in [-0.15, -0.1) is 0 Å². The Balaban J connectivity index is 1.40. The fourth-order valence-electron chi connectivity index (χ4n) is 9.29. The molecule has 0 amide bonds. The Kier molecular flexibility index (Phi) is 7.96. The van der Waals surface area contributed by atoms with Crippen LogP contribution in [-0.2, 0) is 0 Å². The summed E-state index contributed by atoms with van der Waals surface area (Å²) < 4.78 is 0. The van der Waals surface area contributed by atoms with E-state index in [0.29, 0.717) is 0 Å². The van der Waals surface area contributed by atoms with E-state index in [1.54, 1.807) is 0 Å². The molecule has 9 aromatic carbocycles. The molecule has 3 heteroatoms. The second-order valence-electron chi connectivity index (χ2n) is 14.8. The van der Waals surface area contributed by atoms with Gasteiger partial charge < -0.3 is 9.80 Å². The third-order valence-corrected chi connectivity index (χ3v) is 11.6. The van der Waals surface area contributed by atoms with E-state index in [4.69, 9.17) is 0 Å². The summed E-state index contributed by atoms with van der Waals surface area (Å²) in [5.41, 5.74) is 20.6. The fourth-order valence-corrected chi connectivity index (χ4v) is 9.29. The molecule has 11 rings (SSSR count). The molecule has 2 aliphatic heterocycles. The van der Waals surface area contributed by atoms with Crippen LogP contribution < -0.4 is 26.2 Å². The molecule has 0 aromatic heterocycles. The van der Waals surface area contributed by atoms with Gasteiger partial charge in [0.05, 0.1) is 11.4 Å². The number of anilines is 6. The van der Waals surface area contributed by atoms with Crippen molar-refractivity contribution in [2.24, 2.45) is 0 Å². The maximum absolute atomic E-state index is 2.56. The third kappa shape index (κ3) is 5.35. The lowest BCUT2D eigenvalue weighted by molar-refractivity contribution is 1.25. The van der Waals surface area contributed by atoms with Gasteiger partial charge in [-0.25, -0.2) is 0 Å². The summed E-state index contributed by atoms with van der Waals surface area (Å²) in [6.45, 7) is -0.0560. The van der Waals surface area contributed by atoms with Crippen LogP contribution in [0.5, 0.6) is 0 Å². The first-order valence-corrected chi connectivity index (χ1v) is 19.7. The van der Waals surface area contributed by atoms with E-state index < -0.39 is 0 Å². The molecular formula is C54H37BN2. The van der Waals surface area contributed by atoms with Crippen molar-refractivity contribution in [2.75, 3.05) is 9.80 Å². The molecule has 0 radical (unpaired) electrons. The Hall–Kier alpha value is -7.36. The van der Waals surface area contributed by atoms with Crippen LogP contribution in [0.15, 0.2) is 224 Å². The van der Waals surface area contributed by atoms with Crippen molar-refractivity contribution in [3.63, 3.8) is 0 Å². The number of nitrogens with zero attached hydrogens (tertiary/aromatic N) is 2. The molecule has 266 valence electrons. The van der Waals surface area contributed by atoms with Gasteiger partial charge in [0.1, 0.15) is 0 Å². The van der Waals surface area contributed by atoms with E-state index in [-0.39, 0.29) is 6.71 Å². The zero-order chi connectivity index (χ0) is 37.7. The smallest absolute Gasteiger partial charge is 0.252 e. The van der Waals surface area contributed by atoms with Crippen LogP contribution in [0.3, 0.4) is 0 Å².